The highest BCUT2D eigenvalue weighted by Crippen LogP contribution is 2.11. The van der Waals surface area contributed by atoms with Crippen LogP contribution in [0, 0.1) is 11.3 Å². The lowest BCUT2D eigenvalue weighted by Gasteiger charge is -2.13. The summed E-state index contributed by atoms with van der Waals surface area (Å²) in [5, 5.41) is 17.3. The quantitative estimate of drug-likeness (QED) is 0.798. The van der Waals surface area contributed by atoms with Crippen molar-refractivity contribution in [2.45, 2.75) is 30.7 Å². The van der Waals surface area contributed by atoms with Gasteiger partial charge in [-0.15, -0.1) is 0 Å². The van der Waals surface area contributed by atoms with Crippen molar-refractivity contribution in [2.24, 2.45) is 0 Å². The van der Waals surface area contributed by atoms with Gasteiger partial charge in [0.2, 0.25) is 10.0 Å². The minimum atomic E-state index is -3.56. The second-order valence-corrected chi connectivity index (χ2v) is 5.73. The van der Waals surface area contributed by atoms with Crippen molar-refractivity contribution in [1.29, 1.82) is 5.26 Å². The summed E-state index contributed by atoms with van der Waals surface area (Å²) in [5.41, 5.74) is 0.778. The third-order valence-corrected chi connectivity index (χ3v) is 4.04. The molecular weight excluding hydrogens is 252 g/mol. The average molecular weight is 268 g/mol. The SMILES string of the molecule is CC(CCO)NS(=O)(=O)c1ccc(CC#N)cc1. The zero-order valence-corrected chi connectivity index (χ0v) is 10.9. The van der Waals surface area contributed by atoms with Crippen LogP contribution in [0.4, 0.5) is 0 Å². The van der Waals surface area contributed by atoms with Gasteiger partial charge in [-0.1, -0.05) is 12.1 Å². The van der Waals surface area contributed by atoms with Crippen molar-refractivity contribution >= 4 is 10.0 Å². The molecule has 98 valence electrons. The molecule has 0 aliphatic carbocycles. The van der Waals surface area contributed by atoms with Gasteiger partial charge < -0.3 is 5.11 Å². The smallest absolute Gasteiger partial charge is 0.240 e. The van der Waals surface area contributed by atoms with E-state index in [0.717, 1.165) is 5.56 Å². The Bertz CT molecular complexity index is 517. The molecule has 0 aliphatic rings. The molecule has 2 N–H and O–H groups in total. The lowest BCUT2D eigenvalue weighted by molar-refractivity contribution is 0.275. The Balaban J connectivity index is 2.82. The van der Waals surface area contributed by atoms with Crippen LogP contribution in [0.2, 0.25) is 0 Å². The zero-order valence-electron chi connectivity index (χ0n) is 10.1. The molecule has 1 atom stereocenters. The number of aliphatic hydroxyl groups is 1. The summed E-state index contributed by atoms with van der Waals surface area (Å²) < 4.78 is 26.3. The van der Waals surface area contributed by atoms with E-state index in [1.54, 1.807) is 19.1 Å². The van der Waals surface area contributed by atoms with Crippen molar-refractivity contribution in [2.75, 3.05) is 6.61 Å². The van der Waals surface area contributed by atoms with Crippen LogP contribution in [0.1, 0.15) is 18.9 Å². The molecule has 18 heavy (non-hydrogen) atoms. The lowest BCUT2D eigenvalue weighted by Crippen LogP contribution is -2.33. The van der Waals surface area contributed by atoms with Gasteiger partial charge in [0, 0.05) is 12.6 Å². The summed E-state index contributed by atoms with van der Waals surface area (Å²) in [6.45, 7) is 1.63. The molecule has 1 aromatic carbocycles. The Morgan fingerprint density at radius 1 is 1.39 bits per heavy atom. The fourth-order valence-electron chi connectivity index (χ4n) is 1.46. The molecule has 0 spiro atoms. The molecule has 1 aromatic rings. The molecule has 0 fully saturated rings. The van der Waals surface area contributed by atoms with Crippen molar-refractivity contribution in [3.05, 3.63) is 29.8 Å². The van der Waals surface area contributed by atoms with E-state index in [9.17, 15) is 8.42 Å². The topological polar surface area (TPSA) is 90.2 Å². The summed E-state index contributed by atoms with van der Waals surface area (Å²) in [5.74, 6) is 0. The van der Waals surface area contributed by atoms with Crippen LogP contribution < -0.4 is 4.72 Å². The second-order valence-electron chi connectivity index (χ2n) is 4.01. The number of sulfonamides is 1. The largest absolute Gasteiger partial charge is 0.396 e. The Hall–Kier alpha value is -1.42. The van der Waals surface area contributed by atoms with Gasteiger partial charge in [0.05, 0.1) is 17.4 Å². The molecule has 5 nitrogen and oxygen atoms in total. The van der Waals surface area contributed by atoms with Crippen LogP contribution >= 0.6 is 0 Å². The summed E-state index contributed by atoms with van der Waals surface area (Å²) in [6.07, 6.45) is 0.625. The molecular formula is C12H16N2O3S. The maximum atomic E-state index is 11.9. The van der Waals surface area contributed by atoms with Crippen molar-refractivity contribution in [3.8, 4) is 6.07 Å². The van der Waals surface area contributed by atoms with Gasteiger partial charge in [-0.05, 0) is 31.0 Å². The van der Waals surface area contributed by atoms with Gasteiger partial charge >= 0.3 is 0 Å². The fourth-order valence-corrected chi connectivity index (χ4v) is 2.74. The maximum Gasteiger partial charge on any atom is 0.240 e. The Morgan fingerprint density at radius 3 is 2.50 bits per heavy atom. The van der Waals surface area contributed by atoms with Gasteiger partial charge in [0.1, 0.15) is 0 Å². The fraction of sp³-hybridized carbons (Fsp3) is 0.417. The van der Waals surface area contributed by atoms with Crippen LogP contribution in [0.5, 0.6) is 0 Å². The number of nitrogens with zero attached hydrogens (tertiary/aromatic N) is 1. The first-order valence-electron chi connectivity index (χ1n) is 5.58. The number of hydrogen-bond acceptors (Lipinski definition) is 4. The first-order chi connectivity index (χ1) is 8.49. The highest BCUT2D eigenvalue weighted by Gasteiger charge is 2.16. The van der Waals surface area contributed by atoms with Crippen LogP contribution in [0.15, 0.2) is 29.2 Å². The van der Waals surface area contributed by atoms with E-state index < -0.39 is 10.0 Å². The van der Waals surface area contributed by atoms with E-state index in [0.29, 0.717) is 6.42 Å². The molecule has 0 radical (unpaired) electrons. The summed E-state index contributed by atoms with van der Waals surface area (Å²) in [6, 6.07) is 7.86. The Kier molecular flexibility index (Phi) is 5.28. The highest BCUT2D eigenvalue weighted by atomic mass is 32.2. The van der Waals surface area contributed by atoms with Crippen molar-refractivity contribution in [1.82, 2.24) is 4.72 Å². The zero-order chi connectivity index (χ0) is 13.6. The standard InChI is InChI=1S/C12H16N2O3S/c1-10(7-9-15)14-18(16,17)12-4-2-11(3-5-12)6-8-13/h2-5,10,14-15H,6-7,9H2,1H3. The number of aliphatic hydroxyl groups excluding tert-OH is 1. The van der Waals surface area contributed by atoms with Crippen LogP contribution in [-0.4, -0.2) is 26.2 Å². The second kappa shape index (κ2) is 6.50. The van der Waals surface area contributed by atoms with E-state index in [1.807, 2.05) is 6.07 Å². The maximum absolute atomic E-state index is 11.9. The third kappa shape index (κ3) is 4.11. The average Bonchev–Trinajstić information content (AvgIpc) is 2.29. The number of nitriles is 1. The van der Waals surface area contributed by atoms with Gasteiger partial charge in [0.25, 0.3) is 0 Å². The summed E-state index contributed by atoms with van der Waals surface area (Å²) in [4.78, 5) is 0.161. The molecule has 0 saturated heterocycles. The van der Waals surface area contributed by atoms with Crippen LogP contribution in [-0.2, 0) is 16.4 Å². The summed E-state index contributed by atoms with van der Waals surface area (Å²) >= 11 is 0. The van der Waals surface area contributed by atoms with Gasteiger partial charge in [0.15, 0.2) is 0 Å². The normalized spacial score (nSPS) is 12.9. The Morgan fingerprint density at radius 2 is 2.00 bits per heavy atom. The molecule has 0 amide bonds. The molecule has 1 unspecified atom stereocenters. The van der Waals surface area contributed by atoms with Crippen molar-refractivity contribution < 1.29 is 13.5 Å². The monoisotopic (exact) mass is 268 g/mol. The summed E-state index contributed by atoms with van der Waals surface area (Å²) in [7, 11) is -3.56. The van der Waals surface area contributed by atoms with Gasteiger partial charge in [-0.25, -0.2) is 13.1 Å². The molecule has 0 aromatic heterocycles. The van der Waals surface area contributed by atoms with E-state index in [-0.39, 0.29) is 24.0 Å². The van der Waals surface area contributed by atoms with Gasteiger partial charge in [-0.3, -0.25) is 0 Å². The van der Waals surface area contributed by atoms with E-state index in [4.69, 9.17) is 10.4 Å². The predicted octanol–water partition coefficient (Wildman–Crippen LogP) is 0.802. The molecule has 0 aliphatic heterocycles. The Labute approximate surface area is 107 Å². The van der Waals surface area contributed by atoms with Crippen LogP contribution in [0.3, 0.4) is 0 Å². The van der Waals surface area contributed by atoms with E-state index in [1.165, 1.54) is 12.1 Å². The predicted molar refractivity (Wildman–Crippen MR) is 67.2 cm³/mol. The number of hydrogen-bond donors (Lipinski definition) is 2. The first-order valence-corrected chi connectivity index (χ1v) is 7.07. The molecule has 0 saturated carbocycles. The number of nitrogens with one attached hydrogen (secondary N) is 1. The molecule has 0 heterocycles. The van der Waals surface area contributed by atoms with Gasteiger partial charge in [-0.2, -0.15) is 5.26 Å². The van der Waals surface area contributed by atoms with E-state index in [2.05, 4.69) is 4.72 Å². The molecule has 0 bridgehead atoms. The first kappa shape index (κ1) is 14.6. The molecule has 6 heteroatoms. The minimum Gasteiger partial charge on any atom is -0.396 e. The van der Waals surface area contributed by atoms with Crippen molar-refractivity contribution in [3.63, 3.8) is 0 Å². The highest BCUT2D eigenvalue weighted by molar-refractivity contribution is 7.89. The lowest BCUT2D eigenvalue weighted by atomic mass is 10.2. The minimum absolute atomic E-state index is 0.0647. The number of benzene rings is 1. The van der Waals surface area contributed by atoms with E-state index >= 15 is 0 Å². The number of rotatable bonds is 6. The van der Waals surface area contributed by atoms with Crippen LogP contribution in [0.25, 0.3) is 0 Å². The molecule has 1 rings (SSSR count). The third-order valence-electron chi connectivity index (χ3n) is 2.44.